The number of nitrogens with zero attached hydrogens (tertiary/aromatic N) is 1. The summed E-state index contributed by atoms with van der Waals surface area (Å²) in [6.07, 6.45) is 0.930. The molecule has 0 radical (unpaired) electrons. The summed E-state index contributed by atoms with van der Waals surface area (Å²) in [7, 11) is 1.96. The molecule has 0 atom stereocenters. The van der Waals surface area contributed by atoms with Gasteiger partial charge in [-0.3, -0.25) is 4.79 Å². The topological polar surface area (TPSA) is 40.5 Å². The van der Waals surface area contributed by atoms with Gasteiger partial charge in [0.15, 0.2) is 0 Å². The van der Waals surface area contributed by atoms with Gasteiger partial charge in [0.05, 0.1) is 5.41 Å². The number of carbonyl (C=O) groups is 1. The van der Waals surface area contributed by atoms with E-state index in [-0.39, 0.29) is 0 Å². The van der Waals surface area contributed by atoms with Crippen LogP contribution in [0, 0.1) is 5.41 Å². The predicted octanol–water partition coefficient (Wildman–Crippen LogP) is 3.03. The average molecular weight is 314 g/mol. The van der Waals surface area contributed by atoms with E-state index in [1.54, 1.807) is 13.8 Å². The van der Waals surface area contributed by atoms with Gasteiger partial charge in [0.25, 0.3) is 0 Å². The molecule has 0 spiro atoms. The van der Waals surface area contributed by atoms with E-state index in [0.717, 1.165) is 17.4 Å². The summed E-state index contributed by atoms with van der Waals surface area (Å²) in [5.74, 6) is -0.752. The van der Waals surface area contributed by atoms with Gasteiger partial charge in [-0.2, -0.15) is 0 Å². The van der Waals surface area contributed by atoms with Gasteiger partial charge in [0, 0.05) is 17.6 Å². The fraction of sp³-hybridized carbons (Fsp3) is 0.500. The third-order valence-corrected chi connectivity index (χ3v) is 3.47. The molecule has 1 N–H and O–H groups in total. The zero-order valence-corrected chi connectivity index (χ0v) is 12.7. The molecular formula is C14H20BrNO2. The zero-order valence-electron chi connectivity index (χ0n) is 11.1. The lowest BCUT2D eigenvalue weighted by molar-refractivity contribution is -0.147. The fourth-order valence-corrected chi connectivity index (χ4v) is 2.06. The summed E-state index contributed by atoms with van der Waals surface area (Å²) >= 11 is 3.41. The minimum absolute atomic E-state index is 0.554. The average Bonchev–Trinajstić information content (AvgIpc) is 2.27. The van der Waals surface area contributed by atoms with Crippen molar-refractivity contribution in [2.24, 2.45) is 5.41 Å². The molecule has 1 aromatic rings. The molecule has 0 unspecified atom stereocenters. The molecule has 100 valence electrons. The molecule has 0 fully saturated rings. The van der Waals surface area contributed by atoms with E-state index >= 15 is 0 Å². The highest BCUT2D eigenvalue weighted by atomic mass is 79.9. The second-order valence-electron chi connectivity index (χ2n) is 5.30. The maximum Gasteiger partial charge on any atom is 0.310 e. The van der Waals surface area contributed by atoms with E-state index in [1.165, 1.54) is 5.56 Å². The Kier molecular flexibility index (Phi) is 5.35. The molecule has 1 rings (SSSR count). The first-order valence-electron chi connectivity index (χ1n) is 5.97. The fourth-order valence-electron chi connectivity index (χ4n) is 1.79. The Labute approximate surface area is 117 Å². The quantitative estimate of drug-likeness (QED) is 0.877. The molecule has 3 nitrogen and oxygen atoms in total. The summed E-state index contributed by atoms with van der Waals surface area (Å²) in [5, 5.41) is 9.07. The number of hydrogen-bond acceptors (Lipinski definition) is 2. The SMILES string of the molecule is CN(CCc1ccc(Br)cc1)CC(C)(C)C(=O)O. The molecule has 4 heteroatoms. The van der Waals surface area contributed by atoms with Crippen LogP contribution < -0.4 is 0 Å². The minimum Gasteiger partial charge on any atom is -0.481 e. The maximum atomic E-state index is 11.0. The number of likely N-dealkylation sites (N-methyl/N-ethyl adjacent to an activating group) is 1. The lowest BCUT2D eigenvalue weighted by atomic mass is 9.93. The number of carboxylic acids is 1. The molecule has 1 aromatic carbocycles. The first-order chi connectivity index (χ1) is 8.31. The van der Waals surface area contributed by atoms with Crippen LogP contribution in [0.1, 0.15) is 19.4 Å². The highest BCUT2D eigenvalue weighted by Gasteiger charge is 2.28. The molecule has 18 heavy (non-hydrogen) atoms. The van der Waals surface area contributed by atoms with Crippen molar-refractivity contribution in [1.29, 1.82) is 0 Å². The molecular weight excluding hydrogens is 294 g/mol. The Morgan fingerprint density at radius 1 is 1.33 bits per heavy atom. The number of benzene rings is 1. The molecule has 0 aliphatic carbocycles. The first-order valence-corrected chi connectivity index (χ1v) is 6.77. The second kappa shape index (κ2) is 6.34. The van der Waals surface area contributed by atoms with Gasteiger partial charge in [-0.05, 0) is 45.0 Å². The van der Waals surface area contributed by atoms with Gasteiger partial charge in [0.2, 0.25) is 0 Å². The molecule has 0 saturated heterocycles. The normalized spacial score (nSPS) is 11.8. The van der Waals surface area contributed by atoms with Crippen molar-refractivity contribution in [3.05, 3.63) is 34.3 Å². The van der Waals surface area contributed by atoms with Crippen molar-refractivity contribution in [1.82, 2.24) is 4.90 Å². The van der Waals surface area contributed by atoms with Gasteiger partial charge < -0.3 is 10.0 Å². The lowest BCUT2D eigenvalue weighted by Gasteiger charge is -2.26. The summed E-state index contributed by atoms with van der Waals surface area (Å²) in [6, 6.07) is 8.22. The van der Waals surface area contributed by atoms with Crippen LogP contribution in [0.2, 0.25) is 0 Å². The smallest absolute Gasteiger partial charge is 0.310 e. The first kappa shape index (κ1) is 15.2. The van der Waals surface area contributed by atoms with Crippen LogP contribution >= 0.6 is 15.9 Å². The number of aliphatic carboxylic acids is 1. The van der Waals surface area contributed by atoms with Crippen LogP contribution in [0.4, 0.5) is 0 Å². The van der Waals surface area contributed by atoms with E-state index < -0.39 is 11.4 Å². The molecule has 0 aromatic heterocycles. The summed E-state index contributed by atoms with van der Waals surface area (Å²) in [4.78, 5) is 13.1. The highest BCUT2D eigenvalue weighted by molar-refractivity contribution is 9.10. The van der Waals surface area contributed by atoms with Crippen LogP contribution in [0.5, 0.6) is 0 Å². The third kappa shape index (κ3) is 4.78. The third-order valence-electron chi connectivity index (χ3n) is 2.94. The Bertz CT molecular complexity index is 401. The van der Waals surface area contributed by atoms with E-state index in [1.807, 2.05) is 19.2 Å². The molecule has 0 aliphatic heterocycles. The standard InChI is InChI=1S/C14H20BrNO2/c1-14(2,13(17)18)10-16(3)9-8-11-4-6-12(15)7-5-11/h4-7H,8-10H2,1-3H3,(H,17,18). The van der Waals surface area contributed by atoms with Crippen molar-refractivity contribution in [3.63, 3.8) is 0 Å². The minimum atomic E-state index is -0.752. The van der Waals surface area contributed by atoms with Gasteiger partial charge >= 0.3 is 5.97 Å². The number of halogens is 1. The highest BCUT2D eigenvalue weighted by Crippen LogP contribution is 2.17. The van der Waals surface area contributed by atoms with Crippen molar-refractivity contribution in [2.75, 3.05) is 20.1 Å². The summed E-state index contributed by atoms with van der Waals surface area (Å²) in [5.41, 5.74) is 0.562. The summed E-state index contributed by atoms with van der Waals surface area (Å²) < 4.78 is 1.08. The Morgan fingerprint density at radius 2 is 1.89 bits per heavy atom. The number of rotatable bonds is 6. The largest absolute Gasteiger partial charge is 0.481 e. The molecule has 0 heterocycles. The van der Waals surface area contributed by atoms with Gasteiger partial charge in [0.1, 0.15) is 0 Å². The molecule has 0 aliphatic rings. The second-order valence-corrected chi connectivity index (χ2v) is 6.22. The molecule has 0 amide bonds. The van der Waals surface area contributed by atoms with Gasteiger partial charge in [-0.15, -0.1) is 0 Å². The van der Waals surface area contributed by atoms with Crippen LogP contribution in [0.15, 0.2) is 28.7 Å². The maximum absolute atomic E-state index is 11.0. The molecule has 0 saturated carbocycles. The van der Waals surface area contributed by atoms with Crippen molar-refractivity contribution in [3.8, 4) is 0 Å². The Hall–Kier alpha value is -0.870. The van der Waals surface area contributed by atoms with Crippen molar-refractivity contribution in [2.45, 2.75) is 20.3 Å². The van der Waals surface area contributed by atoms with Crippen LogP contribution in [-0.4, -0.2) is 36.1 Å². The van der Waals surface area contributed by atoms with E-state index in [0.29, 0.717) is 6.54 Å². The van der Waals surface area contributed by atoms with Crippen LogP contribution in [0.25, 0.3) is 0 Å². The predicted molar refractivity (Wildman–Crippen MR) is 76.8 cm³/mol. The Balaban J connectivity index is 2.44. The zero-order chi connectivity index (χ0) is 13.8. The summed E-state index contributed by atoms with van der Waals surface area (Å²) in [6.45, 7) is 4.92. The monoisotopic (exact) mass is 313 g/mol. The van der Waals surface area contributed by atoms with Crippen molar-refractivity contribution < 1.29 is 9.90 Å². The van der Waals surface area contributed by atoms with Crippen molar-refractivity contribution >= 4 is 21.9 Å². The molecule has 0 bridgehead atoms. The van der Waals surface area contributed by atoms with Crippen LogP contribution in [0.3, 0.4) is 0 Å². The number of hydrogen-bond donors (Lipinski definition) is 1. The van der Waals surface area contributed by atoms with Gasteiger partial charge in [-0.25, -0.2) is 0 Å². The Morgan fingerprint density at radius 3 is 2.39 bits per heavy atom. The lowest BCUT2D eigenvalue weighted by Crippen LogP contribution is -2.38. The van der Waals surface area contributed by atoms with E-state index in [4.69, 9.17) is 5.11 Å². The van der Waals surface area contributed by atoms with Crippen LogP contribution in [-0.2, 0) is 11.2 Å². The number of carboxylic acid groups (broad SMARTS) is 1. The van der Waals surface area contributed by atoms with Gasteiger partial charge in [-0.1, -0.05) is 28.1 Å². The van der Waals surface area contributed by atoms with E-state index in [9.17, 15) is 4.79 Å². The van der Waals surface area contributed by atoms with E-state index in [2.05, 4.69) is 33.0 Å².